The quantitative estimate of drug-likeness (QED) is 0.389. The topological polar surface area (TPSA) is 113 Å². The van der Waals surface area contributed by atoms with Gasteiger partial charge < -0.3 is 5.32 Å². The molecule has 0 aliphatic carbocycles. The molecule has 31 heavy (non-hydrogen) atoms. The summed E-state index contributed by atoms with van der Waals surface area (Å²) in [5.74, 6) is -1.22. The third-order valence-corrected chi connectivity index (χ3v) is 5.93. The third kappa shape index (κ3) is 4.57. The molecule has 8 heteroatoms. The SMILES string of the molecule is CC(=O)C1=C(C)NC(SCC(=O)c2ccccc2)=C(C#N)[C@@H]1c1ccccc1[N+](=O)[O-]. The Morgan fingerprint density at radius 1 is 1.16 bits per heavy atom. The van der Waals surface area contributed by atoms with E-state index in [2.05, 4.69) is 11.4 Å². The Morgan fingerprint density at radius 3 is 2.42 bits per heavy atom. The molecule has 1 heterocycles. The minimum atomic E-state index is -0.889. The summed E-state index contributed by atoms with van der Waals surface area (Å²) in [6.07, 6.45) is 0. The molecule has 2 aromatic carbocycles. The zero-order chi connectivity index (χ0) is 22.5. The summed E-state index contributed by atoms with van der Waals surface area (Å²) < 4.78 is 0. The Labute approximate surface area is 183 Å². The molecular formula is C23H19N3O4S. The van der Waals surface area contributed by atoms with E-state index in [-0.39, 0.29) is 34.1 Å². The fourth-order valence-electron chi connectivity index (χ4n) is 3.55. The molecule has 156 valence electrons. The maximum Gasteiger partial charge on any atom is 0.273 e. The van der Waals surface area contributed by atoms with Gasteiger partial charge in [-0.25, -0.2) is 0 Å². The van der Waals surface area contributed by atoms with Crippen LogP contribution in [-0.4, -0.2) is 22.2 Å². The van der Waals surface area contributed by atoms with Crippen molar-refractivity contribution in [1.29, 1.82) is 5.26 Å². The first-order valence-electron chi connectivity index (χ1n) is 9.42. The van der Waals surface area contributed by atoms with E-state index in [9.17, 15) is 25.0 Å². The van der Waals surface area contributed by atoms with Gasteiger partial charge in [0.25, 0.3) is 5.69 Å². The highest BCUT2D eigenvalue weighted by Gasteiger charge is 2.36. The van der Waals surface area contributed by atoms with Crippen LogP contribution >= 0.6 is 11.8 Å². The summed E-state index contributed by atoms with van der Waals surface area (Å²) in [5.41, 5.74) is 1.63. The predicted molar refractivity (Wildman–Crippen MR) is 118 cm³/mol. The minimum Gasteiger partial charge on any atom is -0.353 e. The molecule has 0 saturated heterocycles. The number of carbonyl (C=O) groups excluding carboxylic acids is 2. The molecular weight excluding hydrogens is 414 g/mol. The number of nitro benzene ring substituents is 1. The van der Waals surface area contributed by atoms with Crippen LogP contribution in [0.3, 0.4) is 0 Å². The first-order chi connectivity index (χ1) is 14.8. The molecule has 1 aliphatic rings. The molecule has 0 fully saturated rings. The van der Waals surface area contributed by atoms with E-state index in [1.54, 1.807) is 43.3 Å². The number of nitro groups is 1. The van der Waals surface area contributed by atoms with Gasteiger partial charge in [0.05, 0.1) is 33.3 Å². The number of para-hydroxylation sites is 1. The molecule has 0 unspecified atom stereocenters. The van der Waals surface area contributed by atoms with Gasteiger partial charge >= 0.3 is 0 Å². The smallest absolute Gasteiger partial charge is 0.273 e. The van der Waals surface area contributed by atoms with Gasteiger partial charge in [0.15, 0.2) is 11.6 Å². The second kappa shape index (κ2) is 9.41. The third-order valence-electron chi connectivity index (χ3n) is 4.91. The first-order valence-corrected chi connectivity index (χ1v) is 10.4. The van der Waals surface area contributed by atoms with Crippen LogP contribution in [0.4, 0.5) is 5.69 Å². The summed E-state index contributed by atoms with van der Waals surface area (Å²) in [6.45, 7) is 3.06. The predicted octanol–water partition coefficient (Wildman–Crippen LogP) is 4.50. The van der Waals surface area contributed by atoms with Crippen LogP contribution in [0.2, 0.25) is 0 Å². The number of thioether (sulfide) groups is 1. The van der Waals surface area contributed by atoms with Crippen LogP contribution in [0.25, 0.3) is 0 Å². The van der Waals surface area contributed by atoms with E-state index in [0.717, 1.165) is 11.8 Å². The van der Waals surface area contributed by atoms with Gasteiger partial charge in [-0.2, -0.15) is 5.26 Å². The molecule has 0 aromatic heterocycles. The molecule has 0 radical (unpaired) electrons. The lowest BCUT2D eigenvalue weighted by Gasteiger charge is -2.29. The lowest BCUT2D eigenvalue weighted by molar-refractivity contribution is -0.385. The number of allylic oxidation sites excluding steroid dienone is 3. The maximum absolute atomic E-state index is 12.5. The zero-order valence-electron chi connectivity index (χ0n) is 16.9. The molecule has 1 N–H and O–H groups in total. The Bertz CT molecular complexity index is 1160. The Balaban J connectivity index is 2.05. The van der Waals surface area contributed by atoms with E-state index in [4.69, 9.17) is 0 Å². The summed E-state index contributed by atoms with van der Waals surface area (Å²) in [7, 11) is 0. The van der Waals surface area contributed by atoms with Gasteiger partial charge in [0.1, 0.15) is 0 Å². The molecule has 0 bridgehead atoms. The summed E-state index contributed by atoms with van der Waals surface area (Å²) >= 11 is 1.14. The maximum atomic E-state index is 12.5. The number of Topliss-reactive ketones (excluding diaryl/α,β-unsaturated/α-hetero) is 2. The number of hydrogen-bond donors (Lipinski definition) is 1. The lowest BCUT2D eigenvalue weighted by atomic mass is 9.80. The molecule has 0 amide bonds. The van der Waals surface area contributed by atoms with Gasteiger partial charge in [-0.3, -0.25) is 19.7 Å². The number of nitriles is 1. The number of carbonyl (C=O) groups is 2. The normalized spacial score (nSPS) is 15.8. The number of dihydropyridines is 1. The minimum absolute atomic E-state index is 0.0732. The van der Waals surface area contributed by atoms with Crippen molar-refractivity contribution in [3.63, 3.8) is 0 Å². The summed E-state index contributed by atoms with van der Waals surface area (Å²) in [6, 6.07) is 17.0. The van der Waals surface area contributed by atoms with Crippen LogP contribution in [0.15, 0.2) is 76.5 Å². The highest BCUT2D eigenvalue weighted by molar-refractivity contribution is 8.03. The van der Waals surface area contributed by atoms with Crippen LogP contribution in [0, 0.1) is 21.4 Å². The van der Waals surface area contributed by atoms with Crippen LogP contribution in [0.1, 0.15) is 35.7 Å². The number of nitrogens with one attached hydrogen (secondary N) is 1. The fraction of sp³-hybridized carbons (Fsp3) is 0.174. The van der Waals surface area contributed by atoms with Gasteiger partial charge in [-0.05, 0) is 13.8 Å². The van der Waals surface area contributed by atoms with Crippen LogP contribution in [0.5, 0.6) is 0 Å². The monoisotopic (exact) mass is 433 g/mol. The number of rotatable bonds is 7. The van der Waals surface area contributed by atoms with Gasteiger partial charge in [-0.15, -0.1) is 0 Å². The van der Waals surface area contributed by atoms with Crippen molar-refractivity contribution in [2.24, 2.45) is 0 Å². The van der Waals surface area contributed by atoms with Crippen LogP contribution < -0.4 is 5.32 Å². The van der Waals surface area contributed by atoms with Gasteiger partial charge in [0, 0.05) is 28.5 Å². The van der Waals surface area contributed by atoms with Crippen molar-refractivity contribution in [3.05, 3.63) is 97.7 Å². The molecule has 0 spiro atoms. The number of benzene rings is 2. The van der Waals surface area contributed by atoms with Crippen molar-refractivity contribution >= 4 is 29.0 Å². The zero-order valence-corrected chi connectivity index (χ0v) is 17.7. The van der Waals surface area contributed by atoms with Gasteiger partial charge in [0.2, 0.25) is 0 Å². The summed E-state index contributed by atoms with van der Waals surface area (Å²) in [4.78, 5) is 36.0. The number of ketones is 2. The van der Waals surface area contributed by atoms with Crippen LogP contribution in [-0.2, 0) is 4.79 Å². The highest BCUT2D eigenvalue weighted by Crippen LogP contribution is 2.43. The average Bonchev–Trinajstić information content (AvgIpc) is 2.77. The standard InChI is InChI=1S/C23H19N3O4S/c1-14-21(15(2)27)22(17-10-6-7-11-19(17)26(29)30)18(12-24)23(25-14)31-13-20(28)16-8-4-3-5-9-16/h3-11,22,25H,13H2,1-2H3/t22-/m0/s1. The fourth-order valence-corrected chi connectivity index (χ4v) is 4.53. The van der Waals surface area contributed by atoms with E-state index in [0.29, 0.717) is 21.9 Å². The average molecular weight is 433 g/mol. The number of hydrogen-bond acceptors (Lipinski definition) is 7. The highest BCUT2D eigenvalue weighted by atomic mass is 32.2. The van der Waals surface area contributed by atoms with E-state index >= 15 is 0 Å². The molecule has 2 aromatic rings. The Hall–Kier alpha value is -3.70. The molecule has 0 saturated carbocycles. The molecule has 7 nitrogen and oxygen atoms in total. The van der Waals surface area contributed by atoms with Crippen molar-refractivity contribution < 1.29 is 14.5 Å². The molecule has 3 rings (SSSR count). The largest absolute Gasteiger partial charge is 0.353 e. The van der Waals surface area contributed by atoms with Crippen molar-refractivity contribution in [1.82, 2.24) is 5.32 Å². The molecule has 1 aliphatic heterocycles. The lowest BCUT2D eigenvalue weighted by Crippen LogP contribution is -2.27. The van der Waals surface area contributed by atoms with E-state index in [1.165, 1.54) is 19.1 Å². The Kier molecular flexibility index (Phi) is 6.68. The van der Waals surface area contributed by atoms with Crippen molar-refractivity contribution in [2.45, 2.75) is 19.8 Å². The second-order valence-corrected chi connectivity index (χ2v) is 7.89. The van der Waals surface area contributed by atoms with E-state index < -0.39 is 10.8 Å². The van der Waals surface area contributed by atoms with Crippen molar-refractivity contribution in [2.75, 3.05) is 5.75 Å². The van der Waals surface area contributed by atoms with E-state index in [1.807, 2.05) is 6.07 Å². The second-order valence-electron chi connectivity index (χ2n) is 6.90. The van der Waals surface area contributed by atoms with Crippen molar-refractivity contribution in [3.8, 4) is 6.07 Å². The Morgan fingerprint density at radius 2 is 1.81 bits per heavy atom. The first kappa shape index (κ1) is 22.0. The summed E-state index contributed by atoms with van der Waals surface area (Å²) in [5, 5.41) is 25.0. The molecule has 1 atom stereocenters. The van der Waals surface area contributed by atoms with Gasteiger partial charge in [-0.1, -0.05) is 60.3 Å². The number of nitrogens with zero attached hydrogens (tertiary/aromatic N) is 2.